The Kier molecular flexibility index (Phi) is 10.1. The van der Waals surface area contributed by atoms with Crippen molar-refractivity contribution in [1.82, 2.24) is 5.16 Å². The highest BCUT2D eigenvalue weighted by molar-refractivity contribution is 7.99. The number of rotatable bonds is 15. The third-order valence-electron chi connectivity index (χ3n) is 6.31. The predicted octanol–water partition coefficient (Wildman–Crippen LogP) is 7.95. The van der Waals surface area contributed by atoms with Crippen molar-refractivity contribution in [3.05, 3.63) is 71.8 Å². The Balaban J connectivity index is 1.21. The van der Waals surface area contributed by atoms with Gasteiger partial charge >= 0.3 is 5.97 Å². The minimum Gasteiger partial charge on any atom is -0.493 e. The number of ether oxygens (including phenoxy) is 2. The van der Waals surface area contributed by atoms with Crippen LogP contribution in [-0.2, 0) is 11.2 Å². The molecule has 0 atom stereocenters. The van der Waals surface area contributed by atoms with Crippen molar-refractivity contribution in [1.29, 1.82) is 0 Å². The zero-order chi connectivity index (χ0) is 26.7. The fourth-order valence-corrected chi connectivity index (χ4v) is 5.42. The number of aromatic nitrogens is 1. The number of aryl methyl sites for hydroxylation is 2. The van der Waals surface area contributed by atoms with Gasteiger partial charge in [-0.15, -0.1) is 11.8 Å². The quantitative estimate of drug-likeness (QED) is 0.123. The number of unbranched alkanes of at least 4 members (excludes halogenated alkanes) is 3. The number of carboxylic acid groups (broad SMARTS) is 1. The van der Waals surface area contributed by atoms with Crippen LogP contribution in [0.1, 0.15) is 50.2 Å². The molecule has 0 aliphatic carbocycles. The lowest BCUT2D eigenvalue weighted by Crippen LogP contribution is -2.09. The lowest BCUT2D eigenvalue weighted by Gasteiger charge is -2.11. The summed E-state index contributed by atoms with van der Waals surface area (Å²) in [6.07, 6.45) is 6.31. The van der Waals surface area contributed by atoms with E-state index in [0.717, 1.165) is 83.4 Å². The Labute approximate surface area is 228 Å². The normalized spacial score (nSPS) is 11.1. The van der Waals surface area contributed by atoms with Crippen molar-refractivity contribution in [3.63, 3.8) is 0 Å². The molecule has 0 fully saturated rings. The summed E-state index contributed by atoms with van der Waals surface area (Å²) >= 11 is 1.82. The molecule has 1 aromatic heterocycles. The molecule has 0 unspecified atom stereocenters. The molecule has 0 aliphatic heterocycles. The van der Waals surface area contributed by atoms with Crippen molar-refractivity contribution >= 4 is 28.7 Å². The second-order valence-corrected chi connectivity index (χ2v) is 10.5. The van der Waals surface area contributed by atoms with Crippen molar-refractivity contribution in [2.24, 2.45) is 0 Å². The van der Waals surface area contributed by atoms with Crippen molar-refractivity contribution in [2.75, 3.05) is 19.0 Å². The van der Waals surface area contributed by atoms with E-state index in [4.69, 9.17) is 19.1 Å². The molecule has 6 nitrogen and oxygen atoms in total. The number of aliphatic carboxylic acids is 1. The molecule has 7 heteroatoms. The average molecular weight is 534 g/mol. The zero-order valence-electron chi connectivity index (χ0n) is 22.1. The van der Waals surface area contributed by atoms with Gasteiger partial charge in [0.05, 0.1) is 12.0 Å². The second-order valence-electron chi connectivity index (χ2n) is 9.29. The van der Waals surface area contributed by atoms with E-state index in [2.05, 4.69) is 42.4 Å². The minimum atomic E-state index is -0.969. The second kappa shape index (κ2) is 13.9. The number of benzene rings is 3. The van der Waals surface area contributed by atoms with Crippen LogP contribution < -0.4 is 9.47 Å². The number of fused-ring (bicyclic) bond motifs is 1. The maximum Gasteiger partial charge on any atom is 0.341 e. The highest BCUT2D eigenvalue weighted by atomic mass is 32.2. The highest BCUT2D eigenvalue weighted by Crippen LogP contribution is 2.35. The molecule has 4 aromatic rings. The van der Waals surface area contributed by atoms with E-state index in [9.17, 15) is 4.79 Å². The summed E-state index contributed by atoms with van der Waals surface area (Å²) in [5.74, 6) is 1.60. The van der Waals surface area contributed by atoms with Gasteiger partial charge in [-0.3, -0.25) is 0 Å². The molecule has 0 saturated heterocycles. The molecular formula is C31H35NO5S. The molecule has 1 heterocycles. The summed E-state index contributed by atoms with van der Waals surface area (Å²) in [7, 11) is 0. The maximum absolute atomic E-state index is 10.7. The summed E-state index contributed by atoms with van der Waals surface area (Å²) in [6, 6.07) is 20.2. The maximum atomic E-state index is 10.7. The van der Waals surface area contributed by atoms with E-state index in [-0.39, 0.29) is 6.61 Å². The first-order chi connectivity index (χ1) is 18.6. The topological polar surface area (TPSA) is 81.8 Å². The van der Waals surface area contributed by atoms with Crippen LogP contribution in [0.25, 0.3) is 22.2 Å². The molecule has 0 radical (unpaired) electrons. The van der Waals surface area contributed by atoms with Crippen LogP contribution in [0.3, 0.4) is 0 Å². The molecule has 0 bridgehead atoms. The third kappa shape index (κ3) is 7.32. The number of carbonyl (C=O) groups is 1. The van der Waals surface area contributed by atoms with E-state index in [1.807, 2.05) is 49.0 Å². The van der Waals surface area contributed by atoms with Gasteiger partial charge in [0.1, 0.15) is 17.2 Å². The molecule has 0 saturated carbocycles. The minimum absolute atomic E-state index is 0.319. The van der Waals surface area contributed by atoms with E-state index in [0.29, 0.717) is 12.4 Å². The van der Waals surface area contributed by atoms with Gasteiger partial charge in [-0.05, 0) is 67.8 Å². The lowest BCUT2D eigenvalue weighted by atomic mass is 10.0. The van der Waals surface area contributed by atoms with Crippen LogP contribution in [0.2, 0.25) is 0 Å². The van der Waals surface area contributed by atoms with Crippen LogP contribution in [-0.4, -0.2) is 35.2 Å². The Morgan fingerprint density at radius 3 is 2.53 bits per heavy atom. The molecule has 38 heavy (non-hydrogen) atoms. The van der Waals surface area contributed by atoms with Gasteiger partial charge in [-0.1, -0.05) is 61.7 Å². The molecule has 0 amide bonds. The molecule has 0 spiro atoms. The Bertz CT molecular complexity index is 1340. The summed E-state index contributed by atoms with van der Waals surface area (Å²) in [5.41, 5.74) is 4.82. The third-order valence-corrected chi connectivity index (χ3v) is 7.39. The zero-order valence-corrected chi connectivity index (χ0v) is 22.9. The first-order valence-corrected chi connectivity index (χ1v) is 14.2. The average Bonchev–Trinajstić information content (AvgIpc) is 3.35. The van der Waals surface area contributed by atoms with Gasteiger partial charge < -0.3 is 19.1 Å². The van der Waals surface area contributed by atoms with Gasteiger partial charge in [-0.25, -0.2) is 4.79 Å². The fraction of sp³-hybridized carbons (Fsp3) is 0.355. The molecule has 1 N–H and O–H groups in total. The molecule has 3 aromatic carbocycles. The van der Waals surface area contributed by atoms with Crippen LogP contribution in [0, 0.1) is 6.92 Å². The van der Waals surface area contributed by atoms with E-state index >= 15 is 0 Å². The fourth-order valence-electron chi connectivity index (χ4n) is 4.41. The van der Waals surface area contributed by atoms with E-state index in [1.165, 1.54) is 4.90 Å². The highest BCUT2D eigenvalue weighted by Gasteiger charge is 2.17. The number of hydrogen-bond acceptors (Lipinski definition) is 6. The van der Waals surface area contributed by atoms with Crippen molar-refractivity contribution in [3.8, 4) is 22.8 Å². The first kappa shape index (κ1) is 27.6. The lowest BCUT2D eigenvalue weighted by molar-refractivity contribution is -0.139. The van der Waals surface area contributed by atoms with Gasteiger partial charge in [-0.2, -0.15) is 0 Å². The summed E-state index contributed by atoms with van der Waals surface area (Å²) in [4.78, 5) is 11.9. The predicted molar refractivity (Wildman–Crippen MR) is 152 cm³/mol. The van der Waals surface area contributed by atoms with Crippen LogP contribution in [0.5, 0.6) is 11.5 Å². The Morgan fingerprint density at radius 1 is 0.974 bits per heavy atom. The monoisotopic (exact) mass is 533 g/mol. The molecular weight excluding hydrogens is 498 g/mol. The Hall–Kier alpha value is -3.45. The smallest absolute Gasteiger partial charge is 0.341 e. The Morgan fingerprint density at radius 2 is 1.76 bits per heavy atom. The SMILES string of the molecule is CCCc1c(OCCCCCCSc2ccc(OCC(=O)O)c(C)c2)ccc2c(-c3ccccc3)noc12. The van der Waals surface area contributed by atoms with E-state index < -0.39 is 5.97 Å². The van der Waals surface area contributed by atoms with E-state index in [1.54, 1.807) is 0 Å². The van der Waals surface area contributed by atoms with Gasteiger partial charge in [0.25, 0.3) is 0 Å². The summed E-state index contributed by atoms with van der Waals surface area (Å²) < 4.78 is 17.3. The molecule has 0 aliphatic rings. The van der Waals surface area contributed by atoms with Crippen LogP contribution >= 0.6 is 11.8 Å². The number of nitrogens with zero attached hydrogens (tertiary/aromatic N) is 1. The van der Waals surface area contributed by atoms with Crippen LogP contribution in [0.4, 0.5) is 0 Å². The van der Waals surface area contributed by atoms with Gasteiger partial charge in [0.2, 0.25) is 0 Å². The van der Waals surface area contributed by atoms with Crippen LogP contribution in [0.15, 0.2) is 70.1 Å². The summed E-state index contributed by atoms with van der Waals surface area (Å²) in [6.45, 7) is 4.47. The van der Waals surface area contributed by atoms with Crippen molar-refractivity contribution in [2.45, 2.75) is 57.3 Å². The first-order valence-electron chi connectivity index (χ1n) is 13.2. The number of carboxylic acids is 1. The van der Waals surface area contributed by atoms with Gasteiger partial charge in [0, 0.05) is 16.0 Å². The number of hydrogen-bond donors (Lipinski definition) is 1. The summed E-state index contributed by atoms with van der Waals surface area (Å²) in [5, 5.41) is 14.2. The molecule has 4 rings (SSSR count). The number of thioether (sulfide) groups is 1. The largest absolute Gasteiger partial charge is 0.493 e. The van der Waals surface area contributed by atoms with Gasteiger partial charge in [0.15, 0.2) is 12.2 Å². The van der Waals surface area contributed by atoms with Crippen molar-refractivity contribution < 1.29 is 23.9 Å². The molecule has 200 valence electrons. The standard InChI is InChI=1S/C31H35NO5S/c1-3-11-25-28(17-15-26-30(32-37-31(25)26)23-12-7-6-8-13-23)35-18-9-4-5-10-19-38-24-14-16-27(22(2)20-24)36-21-29(33)34/h6-8,12-17,20H,3-5,9-11,18-19,21H2,1-2H3,(H,33,34).